The Morgan fingerprint density at radius 1 is 0.588 bits per heavy atom. The summed E-state index contributed by atoms with van der Waals surface area (Å²) in [6.07, 6.45) is -11.8. The summed E-state index contributed by atoms with van der Waals surface area (Å²) < 4.78 is 124. The summed E-state index contributed by atoms with van der Waals surface area (Å²) >= 11 is 0. The van der Waals surface area contributed by atoms with Crippen LogP contribution in [0, 0.1) is 0 Å². The lowest BCUT2D eigenvalue weighted by molar-refractivity contribution is -0.439. The number of hydrogen-bond acceptors (Lipinski definition) is 6. The van der Waals surface area contributed by atoms with Crippen molar-refractivity contribution in [2.24, 2.45) is 0 Å². The number of carbonyl (C=O) groups is 2. The number of carbonyl (C=O) groups excluding carboxylic acids is 2. The minimum absolute atomic E-state index is 0.616. The van der Waals surface area contributed by atoms with Crippen LogP contribution < -0.4 is 0 Å². The summed E-state index contributed by atoms with van der Waals surface area (Å²) in [6.45, 7) is 6.08. The molecule has 0 fully saturated rings. The van der Waals surface area contributed by atoms with Gasteiger partial charge in [0.2, 0.25) is 0 Å². The van der Waals surface area contributed by atoms with Crippen molar-refractivity contribution in [2.75, 3.05) is 0 Å². The van der Waals surface area contributed by atoms with Gasteiger partial charge in [0.15, 0.2) is 0 Å². The third kappa shape index (κ3) is 7.52. The number of alkyl halides is 8. The second kappa shape index (κ2) is 9.29. The fourth-order valence-corrected chi connectivity index (χ4v) is 2.25. The Bertz CT molecular complexity index is 827. The Morgan fingerprint density at radius 2 is 0.853 bits per heavy atom. The average Bonchev–Trinajstić information content (AvgIpc) is 2.56. The van der Waals surface area contributed by atoms with Gasteiger partial charge in [-0.25, -0.2) is 9.59 Å². The highest BCUT2D eigenvalue weighted by Crippen LogP contribution is 2.41. The van der Waals surface area contributed by atoms with E-state index in [1.54, 1.807) is 0 Å². The number of rotatable bonds is 6. The predicted octanol–water partition coefficient (Wildman–Crippen LogP) is 6.00. The number of esters is 2. The van der Waals surface area contributed by atoms with Crippen LogP contribution in [0.25, 0.3) is 0 Å². The molecule has 1 rings (SSSR count). The summed E-state index contributed by atoms with van der Waals surface area (Å²) in [5.41, 5.74) is -5.99. The van der Waals surface area contributed by atoms with E-state index in [2.05, 4.69) is 18.9 Å². The van der Waals surface area contributed by atoms with Gasteiger partial charge >= 0.3 is 36.4 Å². The van der Waals surface area contributed by atoms with E-state index in [0.29, 0.717) is 12.1 Å². The molecule has 2 unspecified atom stereocenters. The Kier molecular flexibility index (Phi) is 8.07. The first-order valence-electron chi connectivity index (χ1n) is 9.38. The molecule has 0 aliphatic rings. The summed E-state index contributed by atoms with van der Waals surface area (Å²) in [7, 11) is 0. The molecule has 6 nitrogen and oxygen atoms in total. The topological polar surface area (TPSA) is 71.1 Å². The van der Waals surface area contributed by atoms with Gasteiger partial charge in [0, 0.05) is 0 Å². The third-order valence-corrected chi connectivity index (χ3v) is 3.37. The molecule has 0 aliphatic heterocycles. The van der Waals surface area contributed by atoms with Crippen molar-refractivity contribution in [3.63, 3.8) is 0 Å². The standard InChI is InChI=1S/C20H22F8O6/c1-15(2,3)33-19(27,17(21,22)23)31-13(29)11-9-7-8-10-12(11)14(30)32-20(28,18(24,25)26)34-16(4,5)6/h7-10H,1-6H3. The largest absolute Gasteiger partial charge is 0.491 e. The predicted molar refractivity (Wildman–Crippen MR) is 98.7 cm³/mol. The number of ether oxygens (including phenoxy) is 4. The first-order chi connectivity index (χ1) is 14.9. The normalized spacial score (nSPS) is 16.9. The second-order valence-corrected chi connectivity index (χ2v) is 8.82. The Balaban J connectivity index is 3.38. The molecule has 34 heavy (non-hydrogen) atoms. The van der Waals surface area contributed by atoms with Crippen molar-refractivity contribution in [3.8, 4) is 0 Å². The highest BCUT2D eigenvalue weighted by Gasteiger charge is 2.65. The van der Waals surface area contributed by atoms with Crippen LogP contribution in [0.1, 0.15) is 62.3 Å². The molecule has 14 heteroatoms. The Hall–Kier alpha value is -2.48. The summed E-state index contributed by atoms with van der Waals surface area (Å²) in [5.74, 6) is -4.32. The van der Waals surface area contributed by atoms with E-state index < -0.39 is 58.7 Å². The molecule has 1 aromatic carbocycles. The van der Waals surface area contributed by atoms with Crippen molar-refractivity contribution in [1.82, 2.24) is 0 Å². The molecular formula is C20H22F8O6. The van der Waals surface area contributed by atoms with Crippen LogP contribution >= 0.6 is 0 Å². The molecular weight excluding hydrogens is 488 g/mol. The maximum absolute atomic E-state index is 14.5. The number of hydrogen-bond donors (Lipinski definition) is 0. The van der Waals surface area contributed by atoms with Crippen LogP contribution in [-0.2, 0) is 18.9 Å². The lowest BCUT2D eigenvalue weighted by atomic mass is 10.1. The molecule has 0 amide bonds. The fraction of sp³-hybridized carbons (Fsp3) is 0.600. The van der Waals surface area contributed by atoms with Crippen molar-refractivity contribution < 1.29 is 63.7 Å². The summed E-state index contributed by atoms with van der Waals surface area (Å²) in [5, 5.41) is 0. The van der Waals surface area contributed by atoms with E-state index >= 15 is 0 Å². The molecule has 0 bridgehead atoms. The molecule has 0 radical (unpaired) electrons. The van der Waals surface area contributed by atoms with E-state index in [9.17, 15) is 44.7 Å². The third-order valence-electron chi connectivity index (χ3n) is 3.37. The van der Waals surface area contributed by atoms with E-state index in [4.69, 9.17) is 0 Å². The quantitative estimate of drug-likeness (QED) is 0.266. The van der Waals surface area contributed by atoms with Gasteiger partial charge in [-0.2, -0.15) is 35.1 Å². The molecule has 0 aromatic heterocycles. The molecule has 1 aromatic rings. The molecule has 0 heterocycles. The fourth-order valence-electron chi connectivity index (χ4n) is 2.25. The molecule has 0 saturated heterocycles. The lowest BCUT2D eigenvalue weighted by Gasteiger charge is -2.33. The van der Waals surface area contributed by atoms with E-state index in [0.717, 1.165) is 53.7 Å². The van der Waals surface area contributed by atoms with Crippen LogP contribution in [0.15, 0.2) is 24.3 Å². The average molecular weight is 510 g/mol. The molecule has 194 valence electrons. The van der Waals surface area contributed by atoms with Gasteiger partial charge in [-0.1, -0.05) is 12.1 Å². The van der Waals surface area contributed by atoms with Crippen LogP contribution in [0.5, 0.6) is 0 Å². The summed E-state index contributed by atoms with van der Waals surface area (Å²) in [4.78, 5) is 24.6. The van der Waals surface area contributed by atoms with Crippen LogP contribution in [0.4, 0.5) is 35.1 Å². The maximum Gasteiger partial charge on any atom is 0.491 e. The van der Waals surface area contributed by atoms with Gasteiger partial charge in [0.1, 0.15) is 0 Å². The van der Waals surface area contributed by atoms with Crippen LogP contribution in [0.2, 0.25) is 0 Å². The highest BCUT2D eigenvalue weighted by molar-refractivity contribution is 6.03. The van der Waals surface area contributed by atoms with Crippen molar-refractivity contribution in [1.29, 1.82) is 0 Å². The van der Waals surface area contributed by atoms with Crippen LogP contribution in [-0.4, -0.2) is 47.6 Å². The Morgan fingerprint density at radius 3 is 1.06 bits per heavy atom. The molecule has 0 N–H and O–H groups in total. The smallest absolute Gasteiger partial charge is 0.393 e. The molecule has 0 spiro atoms. The van der Waals surface area contributed by atoms with Crippen molar-refractivity contribution in [2.45, 2.75) is 77.2 Å². The molecule has 0 aliphatic carbocycles. The van der Waals surface area contributed by atoms with E-state index in [1.807, 2.05) is 0 Å². The van der Waals surface area contributed by atoms with Gasteiger partial charge < -0.3 is 18.9 Å². The first kappa shape index (κ1) is 29.6. The van der Waals surface area contributed by atoms with Gasteiger partial charge in [-0.3, -0.25) is 0 Å². The first-order valence-corrected chi connectivity index (χ1v) is 9.38. The van der Waals surface area contributed by atoms with Crippen molar-refractivity contribution in [3.05, 3.63) is 35.4 Å². The number of halogens is 8. The van der Waals surface area contributed by atoms with Gasteiger partial charge in [0.05, 0.1) is 22.3 Å². The van der Waals surface area contributed by atoms with E-state index in [1.165, 1.54) is 0 Å². The number of benzene rings is 1. The maximum atomic E-state index is 14.5. The highest BCUT2D eigenvalue weighted by atomic mass is 19.4. The lowest BCUT2D eigenvalue weighted by Crippen LogP contribution is -2.52. The minimum Gasteiger partial charge on any atom is -0.393 e. The minimum atomic E-state index is -5.91. The van der Waals surface area contributed by atoms with E-state index in [-0.39, 0.29) is 0 Å². The van der Waals surface area contributed by atoms with Gasteiger partial charge in [-0.05, 0) is 53.7 Å². The van der Waals surface area contributed by atoms with Crippen molar-refractivity contribution >= 4 is 11.9 Å². The monoisotopic (exact) mass is 510 g/mol. The zero-order chi connectivity index (χ0) is 27.0. The SMILES string of the molecule is CC(C)(C)OC(F)(OC(=O)c1ccccc1C(=O)OC(F)(OC(C)(C)C)C(F)(F)F)C(F)(F)F. The van der Waals surface area contributed by atoms with Gasteiger partial charge in [0.25, 0.3) is 0 Å². The van der Waals surface area contributed by atoms with Gasteiger partial charge in [-0.15, -0.1) is 0 Å². The van der Waals surface area contributed by atoms with Crippen LogP contribution in [0.3, 0.4) is 0 Å². The zero-order valence-corrected chi connectivity index (χ0v) is 18.8. The molecule has 0 saturated carbocycles. The molecule has 2 atom stereocenters. The Labute approximate surface area is 189 Å². The summed E-state index contributed by atoms with van der Waals surface area (Å²) in [6, 6.07) is -6.84. The second-order valence-electron chi connectivity index (χ2n) is 8.82. The zero-order valence-electron chi connectivity index (χ0n) is 18.8.